The predicted octanol–water partition coefficient (Wildman–Crippen LogP) is 4.18. The molecule has 0 unspecified atom stereocenters. The van der Waals surface area contributed by atoms with Gasteiger partial charge in [0.1, 0.15) is 0 Å². The SMILES string of the molecule is N#CCCN(Cc1cccnc1)C(=S)NCc1ccc(Cl)c(Cl)c1. The molecule has 0 saturated carbocycles. The van der Waals surface area contributed by atoms with Gasteiger partial charge in [-0.15, -0.1) is 0 Å². The second kappa shape index (κ2) is 9.43. The first-order chi connectivity index (χ1) is 11.6. The van der Waals surface area contributed by atoms with Crippen LogP contribution in [0, 0.1) is 11.3 Å². The molecule has 0 aliphatic rings. The molecule has 0 aliphatic carbocycles. The van der Waals surface area contributed by atoms with Crippen LogP contribution in [0.3, 0.4) is 0 Å². The number of pyridine rings is 1. The van der Waals surface area contributed by atoms with E-state index in [4.69, 9.17) is 40.7 Å². The van der Waals surface area contributed by atoms with Crippen molar-refractivity contribution in [3.05, 3.63) is 63.9 Å². The quantitative estimate of drug-likeness (QED) is 0.764. The topological polar surface area (TPSA) is 52.0 Å². The molecule has 1 aromatic heterocycles. The van der Waals surface area contributed by atoms with Gasteiger partial charge >= 0.3 is 0 Å². The summed E-state index contributed by atoms with van der Waals surface area (Å²) in [6, 6.07) is 11.5. The highest BCUT2D eigenvalue weighted by Crippen LogP contribution is 2.22. The van der Waals surface area contributed by atoms with Crippen LogP contribution in [0.2, 0.25) is 10.0 Å². The Morgan fingerprint density at radius 2 is 2.08 bits per heavy atom. The molecule has 0 bridgehead atoms. The van der Waals surface area contributed by atoms with Crippen LogP contribution < -0.4 is 5.32 Å². The van der Waals surface area contributed by atoms with Gasteiger partial charge in [-0.05, 0) is 41.5 Å². The third kappa shape index (κ3) is 5.64. The molecule has 4 nitrogen and oxygen atoms in total. The van der Waals surface area contributed by atoms with Gasteiger partial charge in [-0.25, -0.2) is 0 Å². The third-order valence-electron chi connectivity index (χ3n) is 3.30. The van der Waals surface area contributed by atoms with E-state index >= 15 is 0 Å². The average Bonchev–Trinajstić information content (AvgIpc) is 2.60. The number of nitriles is 1. The first-order valence-corrected chi connectivity index (χ1v) is 8.49. The summed E-state index contributed by atoms with van der Waals surface area (Å²) in [5.74, 6) is 0. The van der Waals surface area contributed by atoms with E-state index in [0.29, 0.717) is 41.2 Å². The fourth-order valence-electron chi connectivity index (χ4n) is 2.09. The van der Waals surface area contributed by atoms with E-state index in [1.54, 1.807) is 24.5 Å². The molecular weight excluding hydrogens is 363 g/mol. The number of aromatic nitrogens is 1. The third-order valence-corrected chi connectivity index (χ3v) is 4.45. The number of thiocarbonyl (C=S) groups is 1. The minimum Gasteiger partial charge on any atom is -0.358 e. The van der Waals surface area contributed by atoms with E-state index < -0.39 is 0 Å². The highest BCUT2D eigenvalue weighted by Gasteiger charge is 2.10. The molecule has 1 N–H and O–H groups in total. The van der Waals surface area contributed by atoms with Crippen molar-refractivity contribution in [1.29, 1.82) is 5.26 Å². The van der Waals surface area contributed by atoms with Gasteiger partial charge in [0.05, 0.1) is 22.5 Å². The summed E-state index contributed by atoms with van der Waals surface area (Å²) >= 11 is 17.4. The van der Waals surface area contributed by atoms with Gasteiger partial charge in [-0.2, -0.15) is 5.26 Å². The number of rotatable bonds is 6. The molecule has 2 aromatic rings. The lowest BCUT2D eigenvalue weighted by molar-refractivity contribution is 0.413. The Bertz CT molecular complexity index is 731. The molecule has 0 aliphatic heterocycles. The Labute approximate surface area is 157 Å². The van der Waals surface area contributed by atoms with Crippen LogP contribution in [0.25, 0.3) is 0 Å². The van der Waals surface area contributed by atoms with Gasteiger partial charge in [-0.3, -0.25) is 4.98 Å². The Morgan fingerprint density at radius 3 is 2.75 bits per heavy atom. The molecule has 2 rings (SSSR count). The summed E-state index contributed by atoms with van der Waals surface area (Å²) in [6.07, 6.45) is 3.92. The van der Waals surface area contributed by atoms with E-state index in [1.165, 1.54) is 0 Å². The number of hydrogen-bond acceptors (Lipinski definition) is 3. The van der Waals surface area contributed by atoms with Crippen LogP contribution in [0.5, 0.6) is 0 Å². The lowest BCUT2D eigenvalue weighted by atomic mass is 10.2. The fraction of sp³-hybridized carbons (Fsp3) is 0.235. The fourth-order valence-corrected chi connectivity index (χ4v) is 2.64. The molecule has 1 heterocycles. The zero-order chi connectivity index (χ0) is 17.4. The Morgan fingerprint density at radius 1 is 1.25 bits per heavy atom. The molecule has 7 heteroatoms. The monoisotopic (exact) mass is 378 g/mol. The molecule has 0 fully saturated rings. The number of nitrogens with one attached hydrogen (secondary N) is 1. The maximum atomic E-state index is 8.85. The maximum absolute atomic E-state index is 8.85. The Kier molecular flexibility index (Phi) is 7.26. The minimum atomic E-state index is 0.398. The standard InChI is InChI=1S/C17H16Cl2N4S/c18-15-5-4-13(9-16(15)19)11-22-17(24)23(8-2-6-20)12-14-3-1-7-21-10-14/h1,3-5,7,9-10H,2,8,11-12H2,(H,22,24). The normalized spacial score (nSPS) is 10.0. The lowest BCUT2D eigenvalue weighted by Crippen LogP contribution is -2.39. The second-order valence-electron chi connectivity index (χ2n) is 5.10. The summed E-state index contributed by atoms with van der Waals surface area (Å²) in [4.78, 5) is 6.06. The Hall–Kier alpha value is -1.87. The molecular formula is C17H16Cl2N4S. The minimum absolute atomic E-state index is 0.398. The molecule has 0 amide bonds. The van der Waals surface area contributed by atoms with Crippen molar-refractivity contribution in [2.24, 2.45) is 0 Å². The van der Waals surface area contributed by atoms with Crippen molar-refractivity contribution in [2.75, 3.05) is 6.54 Å². The molecule has 0 radical (unpaired) electrons. The van der Waals surface area contributed by atoms with Crippen LogP contribution in [-0.4, -0.2) is 21.5 Å². The number of halogens is 2. The van der Waals surface area contributed by atoms with Crippen molar-refractivity contribution in [3.8, 4) is 6.07 Å². The Balaban J connectivity index is 1.98. The largest absolute Gasteiger partial charge is 0.358 e. The zero-order valence-corrected chi connectivity index (χ0v) is 15.2. The van der Waals surface area contributed by atoms with E-state index in [-0.39, 0.29) is 0 Å². The van der Waals surface area contributed by atoms with E-state index in [0.717, 1.165) is 11.1 Å². The predicted molar refractivity (Wildman–Crippen MR) is 101 cm³/mol. The van der Waals surface area contributed by atoms with Crippen LogP contribution >= 0.6 is 35.4 Å². The van der Waals surface area contributed by atoms with Crippen LogP contribution in [0.4, 0.5) is 0 Å². The van der Waals surface area contributed by atoms with Crippen molar-refractivity contribution in [2.45, 2.75) is 19.5 Å². The summed E-state index contributed by atoms with van der Waals surface area (Å²) < 4.78 is 0. The van der Waals surface area contributed by atoms with Crippen molar-refractivity contribution >= 4 is 40.5 Å². The second-order valence-corrected chi connectivity index (χ2v) is 6.30. The van der Waals surface area contributed by atoms with Crippen LogP contribution in [-0.2, 0) is 13.1 Å². The lowest BCUT2D eigenvalue weighted by Gasteiger charge is -2.25. The van der Waals surface area contributed by atoms with Gasteiger partial charge < -0.3 is 10.2 Å². The highest BCUT2D eigenvalue weighted by atomic mass is 35.5. The number of nitrogens with zero attached hydrogens (tertiary/aromatic N) is 3. The summed E-state index contributed by atoms with van der Waals surface area (Å²) in [5.41, 5.74) is 2.02. The van der Waals surface area contributed by atoms with Crippen molar-refractivity contribution < 1.29 is 0 Å². The highest BCUT2D eigenvalue weighted by molar-refractivity contribution is 7.80. The number of hydrogen-bond donors (Lipinski definition) is 1. The first-order valence-electron chi connectivity index (χ1n) is 7.32. The van der Waals surface area contributed by atoms with Crippen molar-refractivity contribution in [3.63, 3.8) is 0 Å². The molecule has 0 spiro atoms. The molecule has 0 saturated heterocycles. The maximum Gasteiger partial charge on any atom is 0.169 e. The summed E-state index contributed by atoms with van der Waals surface area (Å²) in [6.45, 7) is 1.69. The summed E-state index contributed by atoms with van der Waals surface area (Å²) in [5, 5.41) is 13.7. The number of benzene rings is 1. The van der Waals surface area contributed by atoms with Gasteiger partial charge in [-0.1, -0.05) is 35.3 Å². The average molecular weight is 379 g/mol. The van der Waals surface area contributed by atoms with Gasteiger partial charge in [0.2, 0.25) is 0 Å². The molecule has 124 valence electrons. The van der Waals surface area contributed by atoms with Gasteiger partial charge in [0.25, 0.3) is 0 Å². The van der Waals surface area contributed by atoms with Gasteiger partial charge in [0.15, 0.2) is 5.11 Å². The van der Waals surface area contributed by atoms with E-state index in [1.807, 2.05) is 23.1 Å². The van der Waals surface area contributed by atoms with E-state index in [9.17, 15) is 0 Å². The zero-order valence-electron chi connectivity index (χ0n) is 12.9. The molecule has 0 atom stereocenters. The van der Waals surface area contributed by atoms with Gasteiger partial charge in [0, 0.05) is 32.0 Å². The van der Waals surface area contributed by atoms with Crippen LogP contribution in [0.1, 0.15) is 17.5 Å². The first kappa shape index (κ1) is 18.5. The molecule has 1 aromatic carbocycles. The smallest absolute Gasteiger partial charge is 0.169 e. The van der Waals surface area contributed by atoms with E-state index in [2.05, 4.69) is 16.4 Å². The van der Waals surface area contributed by atoms with Crippen molar-refractivity contribution in [1.82, 2.24) is 15.2 Å². The summed E-state index contributed by atoms with van der Waals surface area (Å²) in [7, 11) is 0. The molecule has 24 heavy (non-hydrogen) atoms. The van der Waals surface area contributed by atoms with Crippen LogP contribution in [0.15, 0.2) is 42.7 Å².